The monoisotopic (exact) mass is 299 g/mol. The van der Waals surface area contributed by atoms with Gasteiger partial charge >= 0.3 is 11.8 Å². The Kier molecular flexibility index (Phi) is 3.79. The number of nitrogens with one attached hydrogen (secondary N) is 1. The average molecular weight is 299 g/mol. The number of hydrogen-bond donors (Lipinski definition) is 1. The molecule has 6 heteroatoms. The minimum absolute atomic E-state index is 0.0303. The zero-order valence-electron chi connectivity index (χ0n) is 11.3. The van der Waals surface area contributed by atoms with Gasteiger partial charge in [0, 0.05) is 10.4 Å². The highest BCUT2D eigenvalue weighted by molar-refractivity contribution is 7.10. The molecule has 1 aromatic carbocycles. The number of amides is 1. The first kappa shape index (κ1) is 13.5. The normalized spacial score (nSPS) is 12.0. The Balaban J connectivity index is 1.73. The second-order valence-electron chi connectivity index (χ2n) is 4.49. The summed E-state index contributed by atoms with van der Waals surface area (Å²) in [6.07, 6.45) is 0. The molecule has 0 saturated heterocycles. The fourth-order valence-electron chi connectivity index (χ4n) is 1.88. The second-order valence-corrected chi connectivity index (χ2v) is 5.47. The summed E-state index contributed by atoms with van der Waals surface area (Å²) in [5, 5.41) is 12.5. The van der Waals surface area contributed by atoms with Crippen LogP contribution >= 0.6 is 11.3 Å². The van der Waals surface area contributed by atoms with Crippen molar-refractivity contribution in [2.75, 3.05) is 0 Å². The van der Waals surface area contributed by atoms with Gasteiger partial charge in [-0.15, -0.1) is 21.5 Å². The molecule has 0 fully saturated rings. The van der Waals surface area contributed by atoms with Crippen molar-refractivity contribution >= 4 is 17.2 Å². The largest absolute Gasteiger partial charge is 0.412 e. The van der Waals surface area contributed by atoms with E-state index in [1.54, 1.807) is 11.3 Å². The minimum Gasteiger partial charge on any atom is -0.412 e. The zero-order valence-corrected chi connectivity index (χ0v) is 12.1. The van der Waals surface area contributed by atoms with Crippen LogP contribution in [0, 0.1) is 0 Å². The van der Waals surface area contributed by atoms with Crippen molar-refractivity contribution in [3.63, 3.8) is 0 Å². The topological polar surface area (TPSA) is 68.0 Å². The van der Waals surface area contributed by atoms with Crippen LogP contribution in [-0.2, 0) is 0 Å². The van der Waals surface area contributed by atoms with Crippen LogP contribution in [0.25, 0.3) is 11.5 Å². The fraction of sp³-hybridized carbons (Fsp3) is 0.133. The molecule has 0 saturated carbocycles. The molecule has 0 aliphatic heterocycles. The number of thiophene rings is 1. The number of hydrogen-bond acceptors (Lipinski definition) is 5. The number of benzene rings is 1. The van der Waals surface area contributed by atoms with Gasteiger partial charge in [0.1, 0.15) is 0 Å². The van der Waals surface area contributed by atoms with Crippen molar-refractivity contribution in [3.05, 3.63) is 58.6 Å². The molecule has 2 heterocycles. The van der Waals surface area contributed by atoms with Crippen molar-refractivity contribution in [1.82, 2.24) is 15.5 Å². The molecular formula is C15H13N3O2S. The van der Waals surface area contributed by atoms with Crippen LogP contribution in [-0.4, -0.2) is 16.1 Å². The van der Waals surface area contributed by atoms with Crippen LogP contribution in [0.5, 0.6) is 0 Å². The Morgan fingerprint density at radius 1 is 1.19 bits per heavy atom. The fourth-order valence-corrected chi connectivity index (χ4v) is 2.61. The third-order valence-electron chi connectivity index (χ3n) is 2.96. The summed E-state index contributed by atoms with van der Waals surface area (Å²) in [5.41, 5.74) is 0.787. The SMILES string of the molecule is C[C@@H](NC(=O)c1nnc(-c2ccccc2)o1)c1cccs1. The lowest BCUT2D eigenvalue weighted by atomic mass is 10.2. The van der Waals surface area contributed by atoms with Crippen molar-refractivity contribution in [2.24, 2.45) is 0 Å². The van der Waals surface area contributed by atoms with E-state index in [4.69, 9.17) is 4.42 Å². The molecule has 3 rings (SSSR count). The summed E-state index contributed by atoms with van der Waals surface area (Å²) in [6.45, 7) is 1.91. The van der Waals surface area contributed by atoms with Crippen molar-refractivity contribution < 1.29 is 9.21 Å². The lowest BCUT2D eigenvalue weighted by Crippen LogP contribution is -2.26. The number of nitrogens with zero attached hydrogens (tertiary/aromatic N) is 2. The van der Waals surface area contributed by atoms with Gasteiger partial charge in [0.2, 0.25) is 5.89 Å². The lowest BCUT2D eigenvalue weighted by molar-refractivity contribution is 0.0906. The molecule has 0 bridgehead atoms. The first-order chi connectivity index (χ1) is 10.2. The molecular weight excluding hydrogens is 286 g/mol. The third-order valence-corrected chi connectivity index (χ3v) is 4.01. The average Bonchev–Trinajstić information content (AvgIpc) is 3.20. The van der Waals surface area contributed by atoms with Crippen LogP contribution in [0.1, 0.15) is 28.5 Å². The third kappa shape index (κ3) is 3.00. The van der Waals surface area contributed by atoms with E-state index in [9.17, 15) is 4.79 Å². The van der Waals surface area contributed by atoms with Gasteiger partial charge < -0.3 is 9.73 Å². The summed E-state index contributed by atoms with van der Waals surface area (Å²) in [4.78, 5) is 13.2. The number of rotatable bonds is 4. The molecule has 0 unspecified atom stereocenters. The van der Waals surface area contributed by atoms with Gasteiger partial charge in [-0.2, -0.15) is 0 Å². The molecule has 0 spiro atoms. The Hall–Kier alpha value is -2.47. The van der Waals surface area contributed by atoms with E-state index in [1.807, 2.05) is 54.8 Å². The maximum absolute atomic E-state index is 12.1. The van der Waals surface area contributed by atoms with Crippen molar-refractivity contribution in [3.8, 4) is 11.5 Å². The predicted octanol–water partition coefficient (Wildman–Crippen LogP) is 3.29. The van der Waals surface area contributed by atoms with Crippen LogP contribution < -0.4 is 5.32 Å². The smallest absolute Gasteiger partial charge is 0.309 e. The molecule has 1 atom stereocenters. The number of aromatic nitrogens is 2. The van der Waals surface area contributed by atoms with Gasteiger partial charge in [-0.1, -0.05) is 24.3 Å². The van der Waals surface area contributed by atoms with Gasteiger partial charge in [0.15, 0.2) is 0 Å². The molecule has 106 valence electrons. The molecule has 1 N–H and O–H groups in total. The molecule has 0 radical (unpaired) electrons. The van der Waals surface area contributed by atoms with Crippen LogP contribution in [0.15, 0.2) is 52.3 Å². The first-order valence-corrected chi connectivity index (χ1v) is 7.35. The van der Waals surface area contributed by atoms with E-state index >= 15 is 0 Å². The highest BCUT2D eigenvalue weighted by atomic mass is 32.1. The highest BCUT2D eigenvalue weighted by Crippen LogP contribution is 2.20. The van der Waals surface area contributed by atoms with Gasteiger partial charge in [0.25, 0.3) is 0 Å². The maximum Gasteiger partial charge on any atom is 0.309 e. The summed E-state index contributed by atoms with van der Waals surface area (Å²) in [5.74, 6) is -0.0626. The van der Waals surface area contributed by atoms with E-state index in [-0.39, 0.29) is 17.8 Å². The lowest BCUT2D eigenvalue weighted by Gasteiger charge is -2.09. The zero-order chi connectivity index (χ0) is 14.7. The summed E-state index contributed by atoms with van der Waals surface area (Å²) >= 11 is 1.59. The molecule has 3 aromatic rings. The van der Waals surface area contributed by atoms with Crippen LogP contribution in [0.2, 0.25) is 0 Å². The van der Waals surface area contributed by atoms with Gasteiger partial charge in [-0.3, -0.25) is 4.79 Å². The highest BCUT2D eigenvalue weighted by Gasteiger charge is 2.18. The van der Waals surface area contributed by atoms with Gasteiger partial charge in [0.05, 0.1) is 6.04 Å². The Bertz CT molecular complexity index is 722. The quantitative estimate of drug-likeness (QED) is 0.802. The molecule has 1 amide bonds. The van der Waals surface area contributed by atoms with E-state index in [0.29, 0.717) is 5.89 Å². The van der Waals surface area contributed by atoms with Gasteiger partial charge in [-0.05, 0) is 30.5 Å². The van der Waals surface area contributed by atoms with Crippen molar-refractivity contribution in [1.29, 1.82) is 0 Å². The number of carbonyl (C=O) groups excluding carboxylic acids is 1. The van der Waals surface area contributed by atoms with Crippen LogP contribution in [0.4, 0.5) is 0 Å². The second kappa shape index (κ2) is 5.88. The molecule has 0 aliphatic rings. The first-order valence-electron chi connectivity index (χ1n) is 6.47. The standard InChI is InChI=1S/C15H13N3O2S/c1-10(12-8-5-9-21-12)16-13(19)15-18-17-14(20-15)11-6-3-2-4-7-11/h2-10H,1H3,(H,16,19)/t10-/m1/s1. The van der Waals surface area contributed by atoms with Crippen LogP contribution in [0.3, 0.4) is 0 Å². The van der Waals surface area contributed by atoms with Crippen molar-refractivity contribution in [2.45, 2.75) is 13.0 Å². The number of carbonyl (C=O) groups is 1. The Morgan fingerprint density at radius 2 is 2.00 bits per heavy atom. The van der Waals surface area contributed by atoms with E-state index in [1.165, 1.54) is 0 Å². The molecule has 0 aliphatic carbocycles. The van der Waals surface area contributed by atoms with E-state index in [2.05, 4.69) is 15.5 Å². The van der Waals surface area contributed by atoms with E-state index in [0.717, 1.165) is 10.4 Å². The minimum atomic E-state index is -0.370. The van der Waals surface area contributed by atoms with E-state index < -0.39 is 0 Å². The maximum atomic E-state index is 12.1. The summed E-state index contributed by atoms with van der Waals surface area (Å²) in [6, 6.07) is 13.2. The molecule has 5 nitrogen and oxygen atoms in total. The summed E-state index contributed by atoms with van der Waals surface area (Å²) in [7, 11) is 0. The van der Waals surface area contributed by atoms with Gasteiger partial charge in [-0.25, -0.2) is 0 Å². The molecule has 21 heavy (non-hydrogen) atoms. The Morgan fingerprint density at radius 3 is 2.71 bits per heavy atom. The Labute approximate surface area is 125 Å². The summed E-state index contributed by atoms with van der Waals surface area (Å²) < 4.78 is 5.42. The predicted molar refractivity (Wildman–Crippen MR) is 79.9 cm³/mol. The molecule has 2 aromatic heterocycles.